The van der Waals surface area contributed by atoms with Crippen LogP contribution >= 0.6 is 22.9 Å². The molecular weight excluding hydrogens is 408 g/mol. The molecule has 3 nitrogen and oxygen atoms in total. The van der Waals surface area contributed by atoms with Crippen LogP contribution in [0.2, 0.25) is 5.02 Å². The van der Waals surface area contributed by atoms with Gasteiger partial charge in [0.15, 0.2) is 6.61 Å². The Morgan fingerprint density at radius 3 is 2.67 bits per heavy atom. The Morgan fingerprint density at radius 1 is 1.21 bits per heavy atom. The number of nitrogens with zero attached hydrogens (tertiary/aromatic N) is 2. The van der Waals surface area contributed by atoms with Crippen molar-refractivity contribution in [1.29, 1.82) is 0 Å². The van der Waals surface area contributed by atoms with E-state index in [9.17, 15) is 0 Å². The Morgan fingerprint density at radius 2 is 1.96 bits per heavy atom. The Hall–Kier alpha value is -0.880. The van der Waals surface area contributed by atoms with Crippen LogP contribution in [-0.4, -0.2) is 44.5 Å². The van der Waals surface area contributed by atoms with Crippen molar-refractivity contribution in [2.75, 3.05) is 34.3 Å². The molecule has 0 spiro atoms. The van der Waals surface area contributed by atoms with Crippen LogP contribution in [0.4, 0.5) is 0 Å². The second-order valence-electron chi connectivity index (χ2n) is 6.87. The van der Waals surface area contributed by atoms with E-state index in [4.69, 9.17) is 16.4 Å². The van der Waals surface area contributed by atoms with Crippen LogP contribution in [0, 0.1) is 0 Å². The van der Waals surface area contributed by atoms with Gasteiger partial charge in [-0.2, -0.15) is 0 Å². The van der Waals surface area contributed by atoms with Crippen LogP contribution in [0.3, 0.4) is 0 Å². The van der Waals surface area contributed by atoms with Gasteiger partial charge >= 0.3 is 0 Å². The molecule has 1 heterocycles. The number of benzene rings is 1. The molecule has 130 valence electrons. The monoisotopic (exact) mass is 428 g/mol. The van der Waals surface area contributed by atoms with Crippen LogP contribution in [0.5, 0.6) is 0 Å². The lowest BCUT2D eigenvalue weighted by Gasteiger charge is -2.22. The molecule has 1 aliphatic carbocycles. The SMILES string of the molecule is C[N+](C)(C)CCON=C1CC(c2ccccc2Cl)c2ccsc21.[Br-]. The number of quaternary nitrogens is 1. The Kier molecular flexibility index (Phi) is 6.48. The first-order chi connectivity index (χ1) is 11.0. The number of hydrogen-bond donors (Lipinski definition) is 0. The standard InChI is InChI=1S/C18H22ClN2OS.BrH/c1-21(2,3)9-10-22-20-17-12-15(14-8-11-23-18(14)17)13-6-4-5-7-16(13)19;/h4-8,11,15H,9-10,12H2,1-3H3;1H/q+1;/p-1. The molecule has 1 aliphatic rings. The first kappa shape index (κ1) is 19.4. The van der Waals surface area contributed by atoms with Gasteiger partial charge < -0.3 is 26.3 Å². The average Bonchev–Trinajstić information content (AvgIpc) is 3.06. The minimum atomic E-state index is 0. The van der Waals surface area contributed by atoms with E-state index in [1.165, 1.54) is 16.0 Å². The fourth-order valence-electron chi connectivity index (χ4n) is 2.78. The molecule has 6 heteroatoms. The van der Waals surface area contributed by atoms with Gasteiger partial charge in [0.2, 0.25) is 0 Å². The number of likely N-dealkylation sites (N-methyl/N-ethyl adjacent to an activating group) is 1. The number of fused-ring (bicyclic) bond motifs is 1. The van der Waals surface area contributed by atoms with Crippen molar-refractivity contribution >= 4 is 28.6 Å². The lowest BCUT2D eigenvalue weighted by atomic mass is 9.94. The second-order valence-corrected chi connectivity index (χ2v) is 8.19. The van der Waals surface area contributed by atoms with Crippen molar-refractivity contribution in [2.24, 2.45) is 5.16 Å². The van der Waals surface area contributed by atoms with Gasteiger partial charge in [-0.15, -0.1) is 11.3 Å². The molecule has 3 rings (SSSR count). The molecule has 0 fully saturated rings. The molecule has 1 aromatic carbocycles. The molecule has 1 atom stereocenters. The topological polar surface area (TPSA) is 21.6 Å². The minimum Gasteiger partial charge on any atom is -1.00 e. The molecular formula is C18H22BrClN2OS. The first-order valence-corrected chi connectivity index (χ1v) is 9.03. The molecule has 0 N–H and O–H groups in total. The van der Waals surface area contributed by atoms with Gasteiger partial charge in [-0.3, -0.25) is 0 Å². The van der Waals surface area contributed by atoms with Crippen molar-refractivity contribution < 1.29 is 26.3 Å². The lowest BCUT2D eigenvalue weighted by Crippen LogP contribution is -3.00. The molecule has 0 saturated carbocycles. The molecule has 0 amide bonds. The Bertz CT molecular complexity index is 724. The summed E-state index contributed by atoms with van der Waals surface area (Å²) in [6, 6.07) is 10.3. The van der Waals surface area contributed by atoms with Gasteiger partial charge in [-0.05, 0) is 28.6 Å². The highest BCUT2D eigenvalue weighted by molar-refractivity contribution is 7.12. The summed E-state index contributed by atoms with van der Waals surface area (Å²) in [6.45, 7) is 1.56. The number of halogens is 2. The summed E-state index contributed by atoms with van der Waals surface area (Å²) in [5.74, 6) is 0.283. The number of hydrogen-bond acceptors (Lipinski definition) is 3. The lowest BCUT2D eigenvalue weighted by molar-refractivity contribution is -0.870. The Labute approximate surface area is 163 Å². The zero-order chi connectivity index (χ0) is 16.4. The fraction of sp³-hybridized carbons (Fsp3) is 0.389. The maximum atomic E-state index is 6.39. The van der Waals surface area contributed by atoms with Gasteiger partial charge in [0.25, 0.3) is 0 Å². The molecule has 2 aromatic rings. The maximum absolute atomic E-state index is 6.39. The van der Waals surface area contributed by atoms with E-state index in [0.717, 1.165) is 28.2 Å². The molecule has 0 saturated heterocycles. The number of thiophene rings is 1. The van der Waals surface area contributed by atoms with Gasteiger partial charge in [0.1, 0.15) is 6.54 Å². The largest absolute Gasteiger partial charge is 1.00 e. The predicted molar refractivity (Wildman–Crippen MR) is 97.6 cm³/mol. The third kappa shape index (κ3) is 4.39. The zero-order valence-electron chi connectivity index (χ0n) is 14.1. The summed E-state index contributed by atoms with van der Waals surface area (Å²) >= 11 is 8.12. The summed E-state index contributed by atoms with van der Waals surface area (Å²) in [7, 11) is 6.45. The molecule has 0 bridgehead atoms. The van der Waals surface area contributed by atoms with Gasteiger partial charge in [0, 0.05) is 17.4 Å². The molecule has 24 heavy (non-hydrogen) atoms. The van der Waals surface area contributed by atoms with Crippen LogP contribution in [-0.2, 0) is 4.84 Å². The van der Waals surface area contributed by atoms with E-state index in [0.29, 0.717) is 6.61 Å². The average molecular weight is 430 g/mol. The molecule has 0 radical (unpaired) electrons. The van der Waals surface area contributed by atoms with Crippen LogP contribution in [0.25, 0.3) is 0 Å². The van der Waals surface area contributed by atoms with Crippen LogP contribution in [0.15, 0.2) is 40.9 Å². The van der Waals surface area contributed by atoms with Crippen molar-refractivity contribution in [3.05, 3.63) is 56.7 Å². The van der Waals surface area contributed by atoms with Crippen molar-refractivity contribution in [3.63, 3.8) is 0 Å². The smallest absolute Gasteiger partial charge is 0.165 e. The van der Waals surface area contributed by atoms with E-state index >= 15 is 0 Å². The van der Waals surface area contributed by atoms with E-state index in [-0.39, 0.29) is 22.9 Å². The minimum absolute atomic E-state index is 0. The van der Waals surface area contributed by atoms with E-state index < -0.39 is 0 Å². The summed E-state index contributed by atoms with van der Waals surface area (Å²) in [4.78, 5) is 6.82. The van der Waals surface area contributed by atoms with Crippen molar-refractivity contribution in [1.82, 2.24) is 0 Å². The first-order valence-electron chi connectivity index (χ1n) is 7.77. The van der Waals surface area contributed by atoms with Gasteiger partial charge in [0.05, 0.1) is 31.7 Å². The normalized spacial score (nSPS) is 18.3. The predicted octanol–water partition coefficient (Wildman–Crippen LogP) is 1.37. The van der Waals surface area contributed by atoms with Gasteiger partial charge in [-0.1, -0.05) is 35.0 Å². The van der Waals surface area contributed by atoms with E-state index in [2.05, 4.69) is 43.8 Å². The van der Waals surface area contributed by atoms with Crippen LogP contribution < -0.4 is 17.0 Å². The van der Waals surface area contributed by atoms with E-state index in [1.54, 1.807) is 11.3 Å². The number of rotatable bonds is 5. The van der Waals surface area contributed by atoms with E-state index in [1.807, 2.05) is 18.2 Å². The molecule has 1 aromatic heterocycles. The van der Waals surface area contributed by atoms with Gasteiger partial charge in [-0.25, -0.2) is 0 Å². The molecule has 0 aliphatic heterocycles. The summed E-state index contributed by atoms with van der Waals surface area (Å²) in [6.07, 6.45) is 0.857. The number of oxime groups is 1. The maximum Gasteiger partial charge on any atom is 0.165 e. The highest BCUT2D eigenvalue weighted by atomic mass is 79.9. The summed E-state index contributed by atoms with van der Waals surface area (Å²) in [5, 5.41) is 7.36. The van der Waals surface area contributed by atoms with Crippen molar-refractivity contribution in [2.45, 2.75) is 12.3 Å². The molecule has 1 unspecified atom stereocenters. The highest BCUT2D eigenvalue weighted by Crippen LogP contribution is 2.43. The summed E-state index contributed by atoms with van der Waals surface area (Å²) < 4.78 is 0.872. The third-order valence-corrected chi connectivity index (χ3v) is 5.36. The third-order valence-electron chi connectivity index (χ3n) is 4.04. The summed E-state index contributed by atoms with van der Waals surface area (Å²) in [5.41, 5.74) is 3.53. The van der Waals surface area contributed by atoms with Crippen molar-refractivity contribution in [3.8, 4) is 0 Å². The quantitative estimate of drug-likeness (QED) is 0.400. The second kappa shape index (κ2) is 8.00. The fourth-order valence-corrected chi connectivity index (χ4v) is 4.00. The Balaban J connectivity index is 0.00000208. The highest BCUT2D eigenvalue weighted by Gasteiger charge is 2.31. The van der Waals surface area contributed by atoms with Crippen LogP contribution in [0.1, 0.15) is 28.3 Å². The zero-order valence-corrected chi connectivity index (χ0v) is 17.3.